The summed E-state index contributed by atoms with van der Waals surface area (Å²) in [6.45, 7) is 0.499. The van der Waals surface area contributed by atoms with Crippen molar-refractivity contribution in [2.24, 2.45) is 0 Å². The zero-order chi connectivity index (χ0) is 24.6. The van der Waals surface area contributed by atoms with Gasteiger partial charge in [-0.05, 0) is 42.1 Å². The summed E-state index contributed by atoms with van der Waals surface area (Å²) in [7, 11) is 2.89. The van der Waals surface area contributed by atoms with Gasteiger partial charge in [0.15, 0.2) is 21.4 Å². The molecule has 3 heterocycles. The number of halogens is 2. The highest BCUT2D eigenvalue weighted by Crippen LogP contribution is 2.29. The first kappa shape index (κ1) is 24.1. The fourth-order valence-electron chi connectivity index (χ4n) is 3.78. The summed E-state index contributed by atoms with van der Waals surface area (Å²) in [6.07, 6.45) is 0.961. The number of carbonyl (C=O) groups is 3. The molecule has 1 saturated heterocycles. The number of benzene rings is 1. The fraction of sp³-hybridized carbons (Fsp3) is 0.364. The number of ketones is 1. The van der Waals surface area contributed by atoms with Gasteiger partial charge >= 0.3 is 0 Å². The summed E-state index contributed by atoms with van der Waals surface area (Å²) >= 11 is 7.07. The number of nitrogens with zero attached hydrogens (tertiary/aromatic N) is 5. The zero-order valence-corrected chi connectivity index (χ0v) is 20.0. The van der Waals surface area contributed by atoms with E-state index in [1.54, 1.807) is 12.1 Å². The minimum absolute atomic E-state index is 0.0442. The van der Waals surface area contributed by atoms with Crippen LogP contribution >= 0.6 is 23.1 Å². The molecule has 12 heteroatoms. The monoisotopic (exact) mass is 505 g/mol. The maximum atomic E-state index is 13.2. The maximum absolute atomic E-state index is 13.2. The van der Waals surface area contributed by atoms with Crippen molar-refractivity contribution in [2.45, 2.75) is 24.9 Å². The number of amides is 2. The minimum Gasteiger partial charge on any atom is -0.389 e. The number of likely N-dealkylation sites (N-methyl/N-ethyl adjacent to an activating group) is 1. The average Bonchev–Trinajstić information content (AvgIpc) is 3.21. The summed E-state index contributed by atoms with van der Waals surface area (Å²) in [6, 6.07) is 5.95. The van der Waals surface area contributed by atoms with Crippen molar-refractivity contribution >= 4 is 51.1 Å². The first-order chi connectivity index (χ1) is 16.1. The third-order valence-electron chi connectivity index (χ3n) is 5.71. The van der Waals surface area contributed by atoms with Gasteiger partial charge in [0.2, 0.25) is 0 Å². The second kappa shape index (κ2) is 9.32. The number of rotatable bonds is 5. The Morgan fingerprint density at radius 1 is 1.15 bits per heavy atom. The molecule has 0 saturated carbocycles. The largest absolute Gasteiger partial charge is 0.389 e. The Balaban J connectivity index is 1.52. The molecular weight excluding hydrogens is 485 g/mol. The van der Waals surface area contributed by atoms with Crippen molar-refractivity contribution in [1.82, 2.24) is 24.1 Å². The smallest absolute Gasteiger partial charge is 0.296 e. The molecule has 9 nitrogen and oxygen atoms in total. The number of likely N-dealkylation sites (tertiary alicyclic amines) is 1. The molecular formula is C22H21ClFN5O4S. The lowest BCUT2D eigenvalue weighted by atomic mass is 9.85. The van der Waals surface area contributed by atoms with Gasteiger partial charge in [0.1, 0.15) is 11.3 Å². The molecule has 0 atom stereocenters. The van der Waals surface area contributed by atoms with Gasteiger partial charge in [-0.1, -0.05) is 23.7 Å². The van der Waals surface area contributed by atoms with Gasteiger partial charge in [-0.3, -0.25) is 14.4 Å². The molecule has 178 valence electrons. The van der Waals surface area contributed by atoms with E-state index in [0.717, 1.165) is 22.0 Å². The Morgan fingerprint density at radius 2 is 1.79 bits per heavy atom. The highest BCUT2D eigenvalue weighted by Gasteiger charge is 2.36. The highest BCUT2D eigenvalue weighted by molar-refractivity contribution is 7.13. The van der Waals surface area contributed by atoms with Gasteiger partial charge in [-0.2, -0.15) is 4.37 Å². The number of Topliss-reactive ketones (excluding diaryl/α,β-unsaturated/α-hetero) is 1. The van der Waals surface area contributed by atoms with Crippen LogP contribution < -0.4 is 0 Å². The first-order valence-corrected chi connectivity index (χ1v) is 11.6. The molecule has 1 aliphatic rings. The van der Waals surface area contributed by atoms with Crippen LogP contribution in [0.25, 0.3) is 10.3 Å². The van der Waals surface area contributed by atoms with Crippen LogP contribution in [-0.4, -0.2) is 79.6 Å². The van der Waals surface area contributed by atoms with Crippen LogP contribution in [0.5, 0.6) is 0 Å². The van der Waals surface area contributed by atoms with E-state index in [-0.39, 0.29) is 45.8 Å². The highest BCUT2D eigenvalue weighted by atomic mass is 35.5. The molecule has 4 rings (SSSR count). The maximum Gasteiger partial charge on any atom is 0.296 e. The Kier molecular flexibility index (Phi) is 6.61. The summed E-state index contributed by atoms with van der Waals surface area (Å²) in [5, 5.41) is 10.8. The standard InChI is InChI=1S/C22H21ClFN5O4S/c1-28(2)21(32)17(30)14-15-19(34-27-14)26-18(23)16(25-15)20(31)29-9-7-22(33,8-10-29)11-12-3-5-13(24)6-4-12/h3-6,33H,7-11H2,1-2H3. The van der Waals surface area contributed by atoms with Gasteiger partial charge < -0.3 is 14.9 Å². The van der Waals surface area contributed by atoms with Gasteiger partial charge in [0, 0.05) is 33.6 Å². The number of piperidine rings is 1. The van der Waals surface area contributed by atoms with Crippen LogP contribution in [0.3, 0.4) is 0 Å². The molecule has 1 aliphatic heterocycles. The molecule has 0 bridgehead atoms. The second-order valence-corrected chi connectivity index (χ2v) is 9.51. The topological polar surface area (TPSA) is 117 Å². The van der Waals surface area contributed by atoms with Gasteiger partial charge in [0.05, 0.1) is 5.60 Å². The molecule has 1 fully saturated rings. The Labute approximate surface area is 203 Å². The van der Waals surface area contributed by atoms with Crippen LogP contribution in [0, 0.1) is 5.82 Å². The molecule has 0 aliphatic carbocycles. The van der Waals surface area contributed by atoms with E-state index in [1.807, 2.05) is 0 Å². The van der Waals surface area contributed by atoms with Crippen molar-refractivity contribution in [3.05, 3.63) is 52.2 Å². The number of hydrogen-bond donors (Lipinski definition) is 1. The summed E-state index contributed by atoms with van der Waals surface area (Å²) in [4.78, 5) is 49.0. The molecule has 34 heavy (non-hydrogen) atoms. The van der Waals surface area contributed by atoms with Crippen LogP contribution in [0.1, 0.15) is 39.4 Å². The van der Waals surface area contributed by atoms with Crippen LogP contribution in [0.15, 0.2) is 24.3 Å². The number of hydrogen-bond acceptors (Lipinski definition) is 8. The van der Waals surface area contributed by atoms with Crippen molar-refractivity contribution in [3.63, 3.8) is 0 Å². The van der Waals surface area contributed by atoms with E-state index in [9.17, 15) is 23.9 Å². The fourth-order valence-corrected chi connectivity index (χ4v) is 4.74. The quantitative estimate of drug-likeness (QED) is 0.418. The minimum atomic E-state index is -1.03. The number of fused-ring (bicyclic) bond motifs is 1. The van der Waals surface area contributed by atoms with E-state index < -0.39 is 23.2 Å². The second-order valence-electron chi connectivity index (χ2n) is 8.40. The molecule has 1 N–H and O–H groups in total. The van der Waals surface area contributed by atoms with E-state index in [0.29, 0.717) is 19.3 Å². The predicted molar refractivity (Wildman–Crippen MR) is 123 cm³/mol. The van der Waals surface area contributed by atoms with E-state index >= 15 is 0 Å². The summed E-state index contributed by atoms with van der Waals surface area (Å²) in [5.41, 5.74) is -0.508. The lowest BCUT2D eigenvalue weighted by Crippen LogP contribution is -2.48. The predicted octanol–water partition coefficient (Wildman–Crippen LogP) is 2.36. The third-order valence-corrected chi connectivity index (χ3v) is 6.71. The molecule has 2 amide bonds. The van der Waals surface area contributed by atoms with Crippen molar-refractivity contribution in [1.29, 1.82) is 0 Å². The molecule has 0 unspecified atom stereocenters. The Hall–Kier alpha value is -3.02. The van der Waals surface area contributed by atoms with Crippen molar-refractivity contribution < 1.29 is 23.9 Å². The number of aliphatic hydroxyl groups is 1. The molecule has 2 aromatic heterocycles. The van der Waals surface area contributed by atoms with E-state index in [4.69, 9.17) is 11.6 Å². The van der Waals surface area contributed by atoms with E-state index in [1.165, 1.54) is 31.1 Å². The summed E-state index contributed by atoms with van der Waals surface area (Å²) < 4.78 is 17.1. The van der Waals surface area contributed by atoms with Gasteiger partial charge in [-0.15, -0.1) is 0 Å². The lowest BCUT2D eigenvalue weighted by molar-refractivity contribution is -0.124. The average molecular weight is 506 g/mol. The summed E-state index contributed by atoms with van der Waals surface area (Å²) in [5.74, 6) is -2.46. The third kappa shape index (κ3) is 4.77. The van der Waals surface area contributed by atoms with Crippen LogP contribution in [-0.2, 0) is 11.2 Å². The molecule has 1 aromatic carbocycles. The van der Waals surface area contributed by atoms with Gasteiger partial charge in [-0.25, -0.2) is 14.4 Å². The van der Waals surface area contributed by atoms with Crippen LogP contribution in [0.2, 0.25) is 5.15 Å². The molecule has 3 aromatic rings. The van der Waals surface area contributed by atoms with E-state index in [2.05, 4.69) is 14.3 Å². The Morgan fingerprint density at radius 3 is 2.41 bits per heavy atom. The molecule has 0 spiro atoms. The van der Waals surface area contributed by atoms with Crippen molar-refractivity contribution in [3.8, 4) is 0 Å². The Bertz CT molecular complexity index is 1270. The van der Waals surface area contributed by atoms with Gasteiger partial charge in [0.25, 0.3) is 17.6 Å². The lowest BCUT2D eigenvalue weighted by Gasteiger charge is -2.38. The zero-order valence-electron chi connectivity index (χ0n) is 18.4. The number of aromatic nitrogens is 3. The SMILES string of the molecule is CN(C)C(=O)C(=O)c1nsc2nc(Cl)c(C(=O)N3CCC(O)(Cc4ccc(F)cc4)CC3)nc12. The number of carbonyl (C=O) groups excluding carboxylic acids is 3. The van der Waals surface area contributed by atoms with Crippen molar-refractivity contribution in [2.75, 3.05) is 27.2 Å². The van der Waals surface area contributed by atoms with Crippen LogP contribution in [0.4, 0.5) is 4.39 Å². The molecule has 0 radical (unpaired) electrons. The first-order valence-electron chi connectivity index (χ1n) is 10.4. The normalized spacial score (nSPS) is 15.4.